The molecule has 0 aliphatic heterocycles. The molecule has 4 nitrogen and oxygen atoms in total. The summed E-state index contributed by atoms with van der Waals surface area (Å²) in [5.74, 6) is -1.57. The molecule has 0 aliphatic rings. The molecule has 0 saturated heterocycles. The Balaban J connectivity index is 3.20. The van der Waals surface area contributed by atoms with E-state index in [2.05, 4.69) is 14.5 Å². The lowest BCUT2D eigenvalue weighted by Gasteiger charge is -2.05. The predicted molar refractivity (Wildman–Crippen MR) is 42.1 cm³/mol. The van der Waals surface area contributed by atoms with Crippen molar-refractivity contribution in [2.24, 2.45) is 0 Å². The molecule has 0 saturated carbocycles. The van der Waals surface area contributed by atoms with Crippen molar-refractivity contribution in [2.75, 3.05) is 14.2 Å². The Kier molecular flexibility index (Phi) is 2.79. The number of hydrogen-bond acceptors (Lipinski definition) is 4. The highest BCUT2D eigenvalue weighted by Crippen LogP contribution is 2.20. The zero-order valence-electron chi connectivity index (χ0n) is 7.20. The van der Waals surface area contributed by atoms with Gasteiger partial charge in [0.2, 0.25) is 0 Å². The second-order valence-corrected chi connectivity index (χ2v) is 2.17. The molecule has 0 N–H and O–H groups in total. The number of hydrogen-bond donors (Lipinski definition) is 0. The zero-order valence-corrected chi connectivity index (χ0v) is 7.20. The van der Waals surface area contributed by atoms with Crippen molar-refractivity contribution in [2.45, 2.75) is 0 Å². The third-order valence-corrected chi connectivity index (χ3v) is 1.44. The Bertz CT molecular complexity index is 327. The third-order valence-electron chi connectivity index (χ3n) is 1.44. The Morgan fingerprint density at radius 3 is 2.77 bits per heavy atom. The normalized spacial score (nSPS) is 9.46. The number of carbonyl (C=O) groups excluding carboxylic acids is 1. The number of ether oxygens (including phenoxy) is 2. The van der Waals surface area contributed by atoms with E-state index in [0.29, 0.717) is 0 Å². The van der Waals surface area contributed by atoms with Gasteiger partial charge in [0.15, 0.2) is 17.3 Å². The Hall–Kier alpha value is -1.65. The molecular formula is C8H8FNO3. The number of rotatable bonds is 2. The van der Waals surface area contributed by atoms with E-state index < -0.39 is 11.8 Å². The van der Waals surface area contributed by atoms with Gasteiger partial charge in [0.1, 0.15) is 0 Å². The van der Waals surface area contributed by atoms with Crippen LogP contribution in [0.15, 0.2) is 12.3 Å². The van der Waals surface area contributed by atoms with Crippen LogP contribution in [-0.4, -0.2) is 25.2 Å². The largest absolute Gasteiger partial charge is 0.491 e. The van der Waals surface area contributed by atoms with E-state index in [4.69, 9.17) is 0 Å². The summed E-state index contributed by atoms with van der Waals surface area (Å²) in [6.45, 7) is 0. The van der Waals surface area contributed by atoms with E-state index in [1.807, 2.05) is 0 Å². The molecule has 0 aliphatic carbocycles. The van der Waals surface area contributed by atoms with Crippen molar-refractivity contribution in [3.8, 4) is 5.75 Å². The molecule has 0 fully saturated rings. The van der Waals surface area contributed by atoms with Gasteiger partial charge >= 0.3 is 5.97 Å². The highest BCUT2D eigenvalue weighted by atomic mass is 19.1. The van der Waals surface area contributed by atoms with Crippen LogP contribution >= 0.6 is 0 Å². The average molecular weight is 185 g/mol. The van der Waals surface area contributed by atoms with Gasteiger partial charge < -0.3 is 9.47 Å². The molecule has 0 unspecified atom stereocenters. The van der Waals surface area contributed by atoms with Gasteiger partial charge in [0.05, 0.1) is 14.2 Å². The molecule has 1 heterocycles. The SMILES string of the molecule is COC(=O)c1nccc(F)c1OC. The summed E-state index contributed by atoms with van der Waals surface area (Å²) in [5.41, 5.74) is -0.162. The van der Waals surface area contributed by atoms with Gasteiger partial charge in [-0.2, -0.15) is 0 Å². The standard InChI is InChI=1S/C8H8FNO3/c1-12-7-5(9)3-4-10-6(7)8(11)13-2/h3-4H,1-2H3. The van der Waals surface area contributed by atoms with Crippen molar-refractivity contribution in [3.63, 3.8) is 0 Å². The molecule has 70 valence electrons. The fourth-order valence-corrected chi connectivity index (χ4v) is 0.861. The topological polar surface area (TPSA) is 48.4 Å². The highest BCUT2D eigenvalue weighted by Gasteiger charge is 2.17. The maximum atomic E-state index is 13.0. The number of carbonyl (C=O) groups is 1. The van der Waals surface area contributed by atoms with Crippen LogP contribution in [0.3, 0.4) is 0 Å². The lowest BCUT2D eigenvalue weighted by atomic mass is 10.3. The first kappa shape index (κ1) is 9.44. The second-order valence-electron chi connectivity index (χ2n) is 2.17. The van der Waals surface area contributed by atoms with Crippen molar-refractivity contribution < 1.29 is 18.7 Å². The van der Waals surface area contributed by atoms with Gasteiger partial charge in [-0.05, 0) is 6.07 Å². The molecule has 1 aromatic rings. The van der Waals surface area contributed by atoms with Gasteiger partial charge in [-0.1, -0.05) is 0 Å². The summed E-state index contributed by atoms with van der Waals surface area (Å²) in [4.78, 5) is 14.7. The summed E-state index contributed by atoms with van der Waals surface area (Å²) in [6.07, 6.45) is 1.17. The Labute approximate surface area is 74.3 Å². The van der Waals surface area contributed by atoms with Crippen LogP contribution in [0.25, 0.3) is 0 Å². The molecule has 13 heavy (non-hydrogen) atoms. The van der Waals surface area contributed by atoms with Crippen LogP contribution in [0.5, 0.6) is 5.75 Å². The van der Waals surface area contributed by atoms with E-state index in [-0.39, 0.29) is 11.4 Å². The van der Waals surface area contributed by atoms with Crippen molar-refractivity contribution in [3.05, 3.63) is 23.8 Å². The maximum Gasteiger partial charge on any atom is 0.360 e. The van der Waals surface area contributed by atoms with E-state index in [9.17, 15) is 9.18 Å². The average Bonchev–Trinajstić information content (AvgIpc) is 2.16. The number of aromatic nitrogens is 1. The molecule has 0 bridgehead atoms. The van der Waals surface area contributed by atoms with Crippen LogP contribution in [0, 0.1) is 5.82 Å². The minimum atomic E-state index is -0.726. The summed E-state index contributed by atoms with van der Waals surface area (Å²) >= 11 is 0. The lowest BCUT2D eigenvalue weighted by molar-refractivity contribution is 0.0589. The van der Waals surface area contributed by atoms with Crippen LogP contribution in [0.1, 0.15) is 10.5 Å². The lowest BCUT2D eigenvalue weighted by Crippen LogP contribution is -2.07. The Morgan fingerprint density at radius 1 is 1.54 bits per heavy atom. The van der Waals surface area contributed by atoms with E-state index in [1.54, 1.807) is 0 Å². The minimum Gasteiger partial charge on any atom is -0.491 e. The fraction of sp³-hybridized carbons (Fsp3) is 0.250. The van der Waals surface area contributed by atoms with Gasteiger partial charge in [0, 0.05) is 6.20 Å². The van der Waals surface area contributed by atoms with Crippen LogP contribution in [0.4, 0.5) is 4.39 Å². The number of halogens is 1. The van der Waals surface area contributed by atoms with Crippen LogP contribution in [-0.2, 0) is 4.74 Å². The van der Waals surface area contributed by atoms with Gasteiger partial charge in [0.25, 0.3) is 0 Å². The smallest absolute Gasteiger partial charge is 0.360 e. The summed E-state index contributed by atoms with van der Waals surface area (Å²) in [5, 5.41) is 0. The first-order valence-corrected chi connectivity index (χ1v) is 3.47. The third kappa shape index (κ3) is 1.74. The maximum absolute atomic E-state index is 13.0. The van der Waals surface area contributed by atoms with Crippen molar-refractivity contribution in [1.29, 1.82) is 0 Å². The molecule has 0 atom stereocenters. The molecule has 0 radical (unpaired) electrons. The summed E-state index contributed by atoms with van der Waals surface area (Å²) in [7, 11) is 2.45. The molecule has 1 rings (SSSR count). The molecular weight excluding hydrogens is 177 g/mol. The van der Waals surface area contributed by atoms with Crippen LogP contribution in [0.2, 0.25) is 0 Å². The van der Waals surface area contributed by atoms with Gasteiger partial charge in [-0.25, -0.2) is 14.2 Å². The molecule has 0 amide bonds. The first-order valence-electron chi connectivity index (χ1n) is 3.47. The van der Waals surface area contributed by atoms with Crippen molar-refractivity contribution >= 4 is 5.97 Å². The second kappa shape index (κ2) is 3.84. The minimum absolute atomic E-state index is 0.162. The molecule has 0 spiro atoms. The number of nitrogens with zero attached hydrogens (tertiary/aromatic N) is 1. The molecule has 0 aromatic carbocycles. The van der Waals surface area contributed by atoms with E-state index in [0.717, 1.165) is 6.07 Å². The van der Waals surface area contributed by atoms with Gasteiger partial charge in [-0.15, -0.1) is 0 Å². The monoisotopic (exact) mass is 185 g/mol. The molecule has 1 aromatic heterocycles. The van der Waals surface area contributed by atoms with Gasteiger partial charge in [-0.3, -0.25) is 0 Å². The molecule has 5 heteroatoms. The van der Waals surface area contributed by atoms with E-state index >= 15 is 0 Å². The Morgan fingerprint density at radius 2 is 2.23 bits per heavy atom. The number of esters is 1. The highest BCUT2D eigenvalue weighted by molar-refractivity contribution is 5.90. The quantitative estimate of drug-likeness (QED) is 0.645. The van der Waals surface area contributed by atoms with E-state index in [1.165, 1.54) is 20.4 Å². The van der Waals surface area contributed by atoms with Crippen LogP contribution < -0.4 is 4.74 Å². The van der Waals surface area contributed by atoms with Crippen molar-refractivity contribution in [1.82, 2.24) is 4.98 Å². The summed E-state index contributed by atoms with van der Waals surface area (Å²) in [6, 6.07) is 1.10. The number of pyridine rings is 1. The number of methoxy groups -OCH3 is 2. The first-order chi connectivity index (χ1) is 6.20. The predicted octanol–water partition coefficient (Wildman–Crippen LogP) is 1.02. The fourth-order valence-electron chi connectivity index (χ4n) is 0.861. The zero-order chi connectivity index (χ0) is 9.84. The summed E-state index contributed by atoms with van der Waals surface area (Å²) < 4.78 is 22.0.